The molecule has 0 aliphatic heterocycles. The maximum atomic E-state index is 12.1. The summed E-state index contributed by atoms with van der Waals surface area (Å²) in [6.45, 7) is 3.34. The lowest BCUT2D eigenvalue weighted by atomic mass is 10.0. The van der Waals surface area contributed by atoms with E-state index in [1.54, 1.807) is 0 Å². The number of nitrogens with zero attached hydrogens (tertiary/aromatic N) is 2. The van der Waals surface area contributed by atoms with Crippen LogP contribution in [0.15, 0.2) is 0 Å². The Hall–Kier alpha value is -1.04. The molecule has 0 bridgehead atoms. The number of carbonyl (C=O) groups is 1. The highest BCUT2D eigenvalue weighted by molar-refractivity contribution is 5.79. The van der Waals surface area contributed by atoms with Gasteiger partial charge in [0.2, 0.25) is 5.91 Å². The molecule has 0 heterocycles. The second-order valence-corrected chi connectivity index (χ2v) is 4.75. The summed E-state index contributed by atoms with van der Waals surface area (Å²) in [7, 11) is 0. The third-order valence-corrected chi connectivity index (χ3v) is 3.78. The fourth-order valence-electron chi connectivity index (χ4n) is 2.78. The van der Waals surface area contributed by atoms with E-state index in [9.17, 15) is 4.79 Å². The third kappa shape index (κ3) is 2.14. The minimum absolute atomic E-state index is 0.271. The van der Waals surface area contributed by atoms with Gasteiger partial charge in [0.25, 0.3) is 0 Å². The lowest BCUT2D eigenvalue weighted by molar-refractivity contribution is -0.135. The van der Waals surface area contributed by atoms with Crippen LogP contribution in [0.5, 0.6) is 0 Å². The fraction of sp³-hybridized carbons (Fsp3) is 0.833. The number of hydrogen-bond donors (Lipinski definition) is 0. The topological polar surface area (TPSA) is 44.1 Å². The summed E-state index contributed by atoms with van der Waals surface area (Å²) in [6, 6.07) is 2.10. The first-order valence-corrected chi connectivity index (χ1v) is 5.92. The predicted octanol–water partition coefficient (Wildman–Crippen LogP) is 1.79. The van der Waals surface area contributed by atoms with Crippen LogP contribution in [0, 0.1) is 29.1 Å². The molecule has 2 aliphatic rings. The van der Waals surface area contributed by atoms with Gasteiger partial charge in [-0.3, -0.25) is 4.79 Å². The molecule has 2 aliphatic carbocycles. The van der Waals surface area contributed by atoms with Gasteiger partial charge in [-0.15, -0.1) is 0 Å². The Bertz CT molecular complexity index is 284. The maximum Gasteiger partial charge on any atom is 0.225 e. The van der Waals surface area contributed by atoms with Crippen LogP contribution in [0.2, 0.25) is 0 Å². The first-order valence-electron chi connectivity index (χ1n) is 5.92. The van der Waals surface area contributed by atoms with Gasteiger partial charge in [-0.25, -0.2) is 0 Å². The van der Waals surface area contributed by atoms with Crippen LogP contribution in [-0.4, -0.2) is 23.9 Å². The molecular formula is C12H18N2O. The van der Waals surface area contributed by atoms with Crippen molar-refractivity contribution in [1.29, 1.82) is 5.26 Å². The van der Waals surface area contributed by atoms with Crippen LogP contribution in [0.3, 0.4) is 0 Å². The molecule has 0 spiro atoms. The van der Waals surface area contributed by atoms with Gasteiger partial charge in [-0.1, -0.05) is 0 Å². The zero-order valence-electron chi connectivity index (χ0n) is 9.28. The second-order valence-electron chi connectivity index (χ2n) is 4.75. The van der Waals surface area contributed by atoms with E-state index >= 15 is 0 Å². The summed E-state index contributed by atoms with van der Waals surface area (Å²) in [6.07, 6.45) is 4.02. The first-order chi connectivity index (χ1) is 7.26. The molecule has 0 N–H and O–H groups in total. The predicted molar refractivity (Wildman–Crippen MR) is 56.8 cm³/mol. The summed E-state index contributed by atoms with van der Waals surface area (Å²) in [5, 5.41) is 8.52. The molecule has 82 valence electrons. The van der Waals surface area contributed by atoms with Gasteiger partial charge < -0.3 is 4.90 Å². The van der Waals surface area contributed by atoms with Crippen LogP contribution >= 0.6 is 0 Å². The highest BCUT2D eigenvalue weighted by Gasteiger charge is 2.48. The van der Waals surface area contributed by atoms with Crippen molar-refractivity contribution < 1.29 is 4.79 Å². The van der Waals surface area contributed by atoms with Crippen molar-refractivity contribution >= 4 is 5.91 Å². The van der Waals surface area contributed by atoms with E-state index in [-0.39, 0.29) is 5.92 Å². The molecule has 15 heavy (non-hydrogen) atoms. The van der Waals surface area contributed by atoms with E-state index in [4.69, 9.17) is 5.26 Å². The maximum absolute atomic E-state index is 12.1. The quantitative estimate of drug-likeness (QED) is 0.704. The SMILES string of the molecule is CCN(CCC#N)C(=O)C1CC2CC2C1. The molecule has 1 amide bonds. The highest BCUT2D eigenvalue weighted by atomic mass is 16.2. The summed E-state index contributed by atoms with van der Waals surface area (Å²) < 4.78 is 0. The number of hydrogen-bond acceptors (Lipinski definition) is 2. The minimum atomic E-state index is 0.271. The van der Waals surface area contributed by atoms with Crippen LogP contribution < -0.4 is 0 Å². The van der Waals surface area contributed by atoms with Crippen molar-refractivity contribution in [2.75, 3.05) is 13.1 Å². The lowest BCUT2D eigenvalue weighted by Gasteiger charge is -2.23. The van der Waals surface area contributed by atoms with E-state index in [1.165, 1.54) is 6.42 Å². The smallest absolute Gasteiger partial charge is 0.225 e. The van der Waals surface area contributed by atoms with E-state index in [0.717, 1.165) is 31.2 Å². The van der Waals surface area contributed by atoms with E-state index in [0.29, 0.717) is 18.9 Å². The van der Waals surface area contributed by atoms with Crippen molar-refractivity contribution in [1.82, 2.24) is 4.90 Å². The molecule has 2 rings (SSSR count). The molecule has 0 saturated heterocycles. The Kier molecular flexibility index (Phi) is 2.95. The molecule has 0 aromatic carbocycles. The Morgan fingerprint density at radius 3 is 2.60 bits per heavy atom. The number of amides is 1. The van der Waals surface area contributed by atoms with Gasteiger partial charge in [0, 0.05) is 19.0 Å². The number of carbonyl (C=O) groups excluding carboxylic acids is 1. The Morgan fingerprint density at radius 2 is 2.07 bits per heavy atom. The van der Waals surface area contributed by atoms with Crippen LogP contribution in [0.4, 0.5) is 0 Å². The van der Waals surface area contributed by atoms with Gasteiger partial charge in [-0.05, 0) is 38.0 Å². The zero-order valence-corrected chi connectivity index (χ0v) is 9.28. The summed E-state index contributed by atoms with van der Waals surface area (Å²) in [4.78, 5) is 13.9. The van der Waals surface area contributed by atoms with Gasteiger partial charge >= 0.3 is 0 Å². The van der Waals surface area contributed by atoms with Crippen LogP contribution in [0.1, 0.15) is 32.6 Å². The lowest BCUT2D eigenvalue weighted by Crippen LogP contribution is -2.36. The summed E-state index contributed by atoms with van der Waals surface area (Å²) >= 11 is 0. The molecule has 2 fully saturated rings. The van der Waals surface area contributed by atoms with Gasteiger partial charge in [0.1, 0.15) is 0 Å². The molecule has 2 unspecified atom stereocenters. The third-order valence-electron chi connectivity index (χ3n) is 3.78. The van der Waals surface area contributed by atoms with Crippen LogP contribution in [0.25, 0.3) is 0 Å². The Labute approximate surface area is 91.1 Å². The van der Waals surface area contributed by atoms with Gasteiger partial charge in [-0.2, -0.15) is 5.26 Å². The minimum Gasteiger partial charge on any atom is -0.342 e. The normalized spacial score (nSPS) is 31.9. The molecule has 2 atom stereocenters. The van der Waals surface area contributed by atoms with Crippen molar-refractivity contribution in [3.05, 3.63) is 0 Å². The first kappa shape index (κ1) is 10.5. The largest absolute Gasteiger partial charge is 0.342 e. The van der Waals surface area contributed by atoms with E-state index < -0.39 is 0 Å². The number of fused-ring (bicyclic) bond motifs is 1. The number of rotatable bonds is 4. The second kappa shape index (κ2) is 4.22. The average Bonchev–Trinajstić information content (AvgIpc) is 2.86. The van der Waals surface area contributed by atoms with Crippen LogP contribution in [-0.2, 0) is 4.79 Å². The van der Waals surface area contributed by atoms with Crippen molar-refractivity contribution in [3.63, 3.8) is 0 Å². The van der Waals surface area contributed by atoms with E-state index in [1.807, 2.05) is 11.8 Å². The molecular weight excluding hydrogens is 188 g/mol. The van der Waals surface area contributed by atoms with Crippen molar-refractivity contribution in [2.24, 2.45) is 17.8 Å². The van der Waals surface area contributed by atoms with Gasteiger partial charge in [0.05, 0.1) is 12.5 Å². The van der Waals surface area contributed by atoms with E-state index in [2.05, 4.69) is 6.07 Å². The highest BCUT2D eigenvalue weighted by Crippen LogP contribution is 2.54. The zero-order chi connectivity index (χ0) is 10.8. The van der Waals surface area contributed by atoms with Crippen molar-refractivity contribution in [2.45, 2.75) is 32.6 Å². The Balaban J connectivity index is 1.84. The average molecular weight is 206 g/mol. The fourth-order valence-corrected chi connectivity index (χ4v) is 2.78. The molecule has 3 heteroatoms. The molecule has 3 nitrogen and oxygen atoms in total. The molecule has 2 saturated carbocycles. The molecule has 0 aromatic heterocycles. The molecule has 0 radical (unpaired) electrons. The summed E-state index contributed by atoms with van der Waals surface area (Å²) in [5.41, 5.74) is 0. The molecule has 0 aromatic rings. The number of nitriles is 1. The Morgan fingerprint density at radius 1 is 1.40 bits per heavy atom. The van der Waals surface area contributed by atoms with Crippen molar-refractivity contribution in [3.8, 4) is 6.07 Å². The summed E-state index contributed by atoms with van der Waals surface area (Å²) in [5.74, 6) is 2.27. The van der Waals surface area contributed by atoms with Gasteiger partial charge in [0.15, 0.2) is 0 Å². The monoisotopic (exact) mass is 206 g/mol. The standard InChI is InChI=1S/C12H18N2O/c1-2-14(5-3-4-13)12(15)11-7-9-6-10(9)8-11/h9-11H,2-3,5-8H2,1H3.